The first-order chi connectivity index (χ1) is 10.5. The molecule has 2 aromatic heterocycles. The van der Waals surface area contributed by atoms with Gasteiger partial charge in [0.2, 0.25) is 5.91 Å². The summed E-state index contributed by atoms with van der Waals surface area (Å²) < 4.78 is 7.21. The number of carbonyl (C=O) groups is 1. The molecule has 0 unspecified atom stereocenters. The Balaban J connectivity index is 1.67. The van der Waals surface area contributed by atoms with Gasteiger partial charge in [-0.05, 0) is 27.2 Å². The molecule has 118 valence electrons. The molecule has 1 aliphatic rings. The Bertz CT molecular complexity index is 682. The van der Waals surface area contributed by atoms with Crippen molar-refractivity contribution in [2.75, 3.05) is 13.1 Å². The summed E-state index contributed by atoms with van der Waals surface area (Å²) in [5, 5.41) is 3.91. The van der Waals surface area contributed by atoms with E-state index in [4.69, 9.17) is 4.52 Å². The van der Waals surface area contributed by atoms with Crippen LogP contribution < -0.4 is 0 Å². The molecule has 0 N–H and O–H groups in total. The van der Waals surface area contributed by atoms with Crippen LogP contribution in [0.2, 0.25) is 0 Å². The molecule has 1 amide bonds. The molecule has 0 radical (unpaired) electrons. The van der Waals surface area contributed by atoms with E-state index in [0.717, 1.165) is 48.0 Å². The summed E-state index contributed by atoms with van der Waals surface area (Å²) in [5.74, 6) is 2.28. The van der Waals surface area contributed by atoms with Crippen molar-refractivity contribution in [3.05, 3.63) is 34.7 Å². The summed E-state index contributed by atoms with van der Waals surface area (Å²) in [5.41, 5.74) is 2.75. The first kappa shape index (κ1) is 14.8. The number of hydrogen-bond acceptors (Lipinski definition) is 4. The van der Waals surface area contributed by atoms with E-state index in [1.54, 1.807) is 0 Å². The van der Waals surface area contributed by atoms with Crippen molar-refractivity contribution in [3.63, 3.8) is 0 Å². The van der Waals surface area contributed by atoms with Gasteiger partial charge in [-0.3, -0.25) is 4.79 Å². The SMILES string of the molecule is Cc1cn(C)c([C@@H]2CCN(C(=O)Cc3c(C)noc3C)C2)n1. The Labute approximate surface area is 130 Å². The van der Waals surface area contributed by atoms with E-state index >= 15 is 0 Å². The third-order valence-corrected chi connectivity index (χ3v) is 4.45. The van der Waals surface area contributed by atoms with Crippen LogP contribution in [0.25, 0.3) is 0 Å². The minimum Gasteiger partial charge on any atom is -0.361 e. The molecule has 3 rings (SSSR count). The maximum Gasteiger partial charge on any atom is 0.227 e. The van der Waals surface area contributed by atoms with Crippen molar-refractivity contribution >= 4 is 5.91 Å². The second-order valence-corrected chi connectivity index (χ2v) is 6.16. The van der Waals surface area contributed by atoms with Gasteiger partial charge in [0, 0.05) is 37.8 Å². The van der Waals surface area contributed by atoms with E-state index < -0.39 is 0 Å². The maximum atomic E-state index is 12.5. The summed E-state index contributed by atoms with van der Waals surface area (Å²) in [7, 11) is 2.02. The zero-order chi connectivity index (χ0) is 15.9. The summed E-state index contributed by atoms with van der Waals surface area (Å²) >= 11 is 0. The number of rotatable bonds is 3. The molecule has 22 heavy (non-hydrogen) atoms. The number of nitrogens with zero attached hydrogens (tertiary/aromatic N) is 4. The van der Waals surface area contributed by atoms with Crippen LogP contribution >= 0.6 is 0 Å². The molecule has 0 saturated carbocycles. The Kier molecular flexibility index (Phi) is 3.76. The molecule has 6 nitrogen and oxygen atoms in total. The second-order valence-electron chi connectivity index (χ2n) is 6.16. The highest BCUT2D eigenvalue weighted by atomic mass is 16.5. The number of hydrogen-bond donors (Lipinski definition) is 0. The van der Waals surface area contributed by atoms with Crippen molar-refractivity contribution in [2.24, 2.45) is 7.05 Å². The lowest BCUT2D eigenvalue weighted by Crippen LogP contribution is -2.30. The van der Waals surface area contributed by atoms with Gasteiger partial charge in [-0.1, -0.05) is 5.16 Å². The van der Waals surface area contributed by atoms with Crippen LogP contribution in [0.4, 0.5) is 0 Å². The predicted octanol–water partition coefficient (Wildman–Crippen LogP) is 1.89. The van der Waals surface area contributed by atoms with Crippen LogP contribution in [-0.2, 0) is 18.3 Å². The highest BCUT2D eigenvalue weighted by Crippen LogP contribution is 2.27. The molecule has 6 heteroatoms. The number of likely N-dealkylation sites (tertiary alicyclic amines) is 1. The molecular formula is C16H22N4O2. The maximum absolute atomic E-state index is 12.5. The summed E-state index contributed by atoms with van der Waals surface area (Å²) in [6, 6.07) is 0. The molecule has 0 aliphatic carbocycles. The minimum atomic E-state index is 0.142. The quantitative estimate of drug-likeness (QED) is 0.868. The smallest absolute Gasteiger partial charge is 0.227 e. The van der Waals surface area contributed by atoms with E-state index in [2.05, 4.69) is 14.7 Å². The Morgan fingerprint density at radius 1 is 1.41 bits per heavy atom. The molecule has 1 saturated heterocycles. The van der Waals surface area contributed by atoms with E-state index in [1.807, 2.05) is 38.9 Å². The van der Waals surface area contributed by atoms with Crippen LogP contribution in [0.3, 0.4) is 0 Å². The highest BCUT2D eigenvalue weighted by molar-refractivity contribution is 5.79. The van der Waals surface area contributed by atoms with Gasteiger partial charge in [-0.25, -0.2) is 4.98 Å². The number of imidazole rings is 1. The van der Waals surface area contributed by atoms with Gasteiger partial charge >= 0.3 is 0 Å². The minimum absolute atomic E-state index is 0.142. The van der Waals surface area contributed by atoms with Crippen LogP contribution in [0.1, 0.15) is 40.9 Å². The van der Waals surface area contributed by atoms with Crippen molar-refractivity contribution < 1.29 is 9.32 Å². The van der Waals surface area contributed by atoms with Crippen LogP contribution in [0.15, 0.2) is 10.7 Å². The van der Waals surface area contributed by atoms with Crippen molar-refractivity contribution in [2.45, 2.75) is 39.5 Å². The summed E-state index contributed by atoms with van der Waals surface area (Å²) in [6.45, 7) is 7.26. The molecule has 1 aliphatic heterocycles. The van der Waals surface area contributed by atoms with Gasteiger partial charge in [0.25, 0.3) is 0 Å². The molecule has 1 fully saturated rings. The van der Waals surface area contributed by atoms with Gasteiger partial charge in [-0.15, -0.1) is 0 Å². The lowest BCUT2D eigenvalue weighted by molar-refractivity contribution is -0.129. The van der Waals surface area contributed by atoms with Crippen LogP contribution in [0, 0.1) is 20.8 Å². The normalized spacial score (nSPS) is 18.2. The Morgan fingerprint density at radius 2 is 2.18 bits per heavy atom. The summed E-state index contributed by atoms with van der Waals surface area (Å²) in [6.07, 6.45) is 3.37. The second kappa shape index (κ2) is 5.59. The van der Waals surface area contributed by atoms with Crippen molar-refractivity contribution in [1.82, 2.24) is 19.6 Å². The Morgan fingerprint density at radius 3 is 2.77 bits per heavy atom. The van der Waals surface area contributed by atoms with Gasteiger partial charge < -0.3 is 14.0 Å². The zero-order valence-corrected chi connectivity index (χ0v) is 13.6. The van der Waals surface area contributed by atoms with Gasteiger partial charge in [0.15, 0.2) is 0 Å². The highest BCUT2D eigenvalue weighted by Gasteiger charge is 2.30. The van der Waals surface area contributed by atoms with Crippen LogP contribution in [0.5, 0.6) is 0 Å². The van der Waals surface area contributed by atoms with Crippen molar-refractivity contribution in [1.29, 1.82) is 0 Å². The third kappa shape index (κ3) is 2.65. The van der Waals surface area contributed by atoms with E-state index in [0.29, 0.717) is 12.3 Å². The van der Waals surface area contributed by atoms with Gasteiger partial charge in [0.05, 0.1) is 17.8 Å². The predicted molar refractivity (Wildman–Crippen MR) is 81.6 cm³/mol. The molecule has 3 heterocycles. The summed E-state index contributed by atoms with van der Waals surface area (Å²) in [4.78, 5) is 19.0. The molecule has 1 atom stereocenters. The number of aromatic nitrogens is 3. The standard InChI is InChI=1S/C16H22N4O2/c1-10-8-19(4)16(17-10)13-5-6-20(9-13)15(21)7-14-11(2)18-22-12(14)3/h8,13H,5-7,9H2,1-4H3/t13-/m1/s1. The molecular weight excluding hydrogens is 280 g/mol. The van der Waals surface area contributed by atoms with E-state index in [9.17, 15) is 4.79 Å². The van der Waals surface area contributed by atoms with Gasteiger partial charge in [-0.2, -0.15) is 0 Å². The topological polar surface area (TPSA) is 64.2 Å². The number of amides is 1. The average Bonchev–Trinajstić information content (AvgIpc) is 3.14. The fraction of sp³-hybridized carbons (Fsp3) is 0.562. The molecule has 0 spiro atoms. The lowest BCUT2D eigenvalue weighted by atomic mass is 10.1. The monoisotopic (exact) mass is 302 g/mol. The fourth-order valence-electron chi connectivity index (χ4n) is 3.23. The third-order valence-electron chi connectivity index (χ3n) is 4.45. The largest absolute Gasteiger partial charge is 0.361 e. The first-order valence-corrected chi connectivity index (χ1v) is 7.65. The number of aryl methyl sites for hydroxylation is 4. The van der Waals surface area contributed by atoms with Crippen LogP contribution in [-0.4, -0.2) is 38.6 Å². The fourth-order valence-corrected chi connectivity index (χ4v) is 3.23. The number of carbonyl (C=O) groups excluding carboxylic acids is 1. The lowest BCUT2D eigenvalue weighted by Gasteiger charge is -2.16. The first-order valence-electron chi connectivity index (χ1n) is 7.65. The zero-order valence-electron chi connectivity index (χ0n) is 13.6. The Hall–Kier alpha value is -2.11. The van der Waals surface area contributed by atoms with E-state index in [1.165, 1.54) is 0 Å². The average molecular weight is 302 g/mol. The van der Waals surface area contributed by atoms with E-state index in [-0.39, 0.29) is 5.91 Å². The van der Waals surface area contributed by atoms with Gasteiger partial charge in [0.1, 0.15) is 11.6 Å². The van der Waals surface area contributed by atoms with Crippen molar-refractivity contribution in [3.8, 4) is 0 Å². The molecule has 2 aromatic rings. The molecule has 0 bridgehead atoms. The molecule has 0 aromatic carbocycles.